The molecule has 0 unspecified atom stereocenters. The van der Waals surface area contributed by atoms with Gasteiger partial charge in [-0.3, -0.25) is 24.1 Å². The van der Waals surface area contributed by atoms with Crippen molar-refractivity contribution in [2.75, 3.05) is 16.3 Å². The van der Waals surface area contributed by atoms with Crippen LogP contribution < -0.4 is 14.5 Å². The fraction of sp³-hybridized carbons (Fsp3) is 0.280. The minimum atomic E-state index is -0.556. The summed E-state index contributed by atoms with van der Waals surface area (Å²) in [7, 11) is 0. The molecule has 3 aliphatic rings. The van der Waals surface area contributed by atoms with Gasteiger partial charge in [-0.25, -0.2) is 0 Å². The van der Waals surface area contributed by atoms with Gasteiger partial charge in [-0.05, 0) is 49.2 Å². The van der Waals surface area contributed by atoms with Crippen molar-refractivity contribution in [1.82, 2.24) is 0 Å². The Morgan fingerprint density at radius 2 is 1.44 bits per heavy atom. The summed E-state index contributed by atoms with van der Waals surface area (Å²) in [6, 6.07) is 15.6. The van der Waals surface area contributed by atoms with E-state index in [9.17, 15) is 19.2 Å². The number of imide groups is 1. The average molecular weight is 430 g/mol. The highest BCUT2D eigenvalue weighted by Crippen LogP contribution is 2.38. The van der Waals surface area contributed by atoms with Crippen LogP contribution in [0.25, 0.3) is 0 Å². The van der Waals surface area contributed by atoms with E-state index in [1.165, 1.54) is 4.90 Å². The van der Waals surface area contributed by atoms with Gasteiger partial charge in [0.15, 0.2) is 0 Å². The normalized spacial score (nSPS) is 24.8. The van der Waals surface area contributed by atoms with Crippen LogP contribution in [-0.2, 0) is 19.2 Å². The van der Waals surface area contributed by atoms with Crippen LogP contribution in [0.5, 0.6) is 5.75 Å². The van der Waals surface area contributed by atoms with Crippen molar-refractivity contribution in [2.45, 2.75) is 19.3 Å². The Morgan fingerprint density at radius 1 is 0.812 bits per heavy atom. The quantitative estimate of drug-likeness (QED) is 0.322. The molecule has 7 heteroatoms. The SMILES string of the molecule is O=C(Oc1ccc(N2C(=O)[C@H]3CC=CC[C@H]3C2=O)cc1)[C@@H]1CC(=O)N(c2ccccc2)C1. The van der Waals surface area contributed by atoms with Crippen LogP contribution in [0.15, 0.2) is 66.7 Å². The van der Waals surface area contributed by atoms with Gasteiger partial charge in [-0.2, -0.15) is 0 Å². The number of rotatable bonds is 4. The van der Waals surface area contributed by atoms with Gasteiger partial charge in [-0.15, -0.1) is 0 Å². The summed E-state index contributed by atoms with van der Waals surface area (Å²) in [5.74, 6) is -1.79. The molecular weight excluding hydrogens is 408 g/mol. The van der Waals surface area contributed by atoms with Crippen molar-refractivity contribution in [3.8, 4) is 5.75 Å². The maximum absolute atomic E-state index is 12.7. The zero-order chi connectivity index (χ0) is 22.2. The number of para-hydroxylation sites is 1. The van der Waals surface area contributed by atoms with Crippen molar-refractivity contribution in [3.05, 3.63) is 66.7 Å². The highest BCUT2D eigenvalue weighted by Gasteiger charge is 2.47. The number of esters is 1. The molecule has 162 valence electrons. The number of anilines is 2. The summed E-state index contributed by atoms with van der Waals surface area (Å²) >= 11 is 0. The van der Waals surface area contributed by atoms with E-state index in [0.717, 1.165) is 5.69 Å². The number of fused-ring (bicyclic) bond motifs is 1. The Bertz CT molecular complexity index is 1080. The monoisotopic (exact) mass is 430 g/mol. The number of ether oxygens (including phenoxy) is 1. The number of carbonyl (C=O) groups excluding carboxylic acids is 4. The van der Waals surface area contributed by atoms with Gasteiger partial charge in [0.25, 0.3) is 0 Å². The molecule has 5 rings (SSSR count). The summed E-state index contributed by atoms with van der Waals surface area (Å²) in [5.41, 5.74) is 1.23. The Labute approximate surface area is 185 Å². The van der Waals surface area contributed by atoms with Crippen LogP contribution in [0.3, 0.4) is 0 Å². The van der Waals surface area contributed by atoms with Crippen LogP contribution >= 0.6 is 0 Å². The van der Waals surface area contributed by atoms with Crippen molar-refractivity contribution in [2.24, 2.45) is 17.8 Å². The lowest BCUT2D eigenvalue weighted by Crippen LogP contribution is -2.30. The number of nitrogens with zero attached hydrogens (tertiary/aromatic N) is 2. The molecule has 0 bridgehead atoms. The first-order valence-electron chi connectivity index (χ1n) is 10.7. The molecule has 0 aromatic heterocycles. The minimum absolute atomic E-state index is 0.0966. The summed E-state index contributed by atoms with van der Waals surface area (Å²) in [5, 5.41) is 0. The van der Waals surface area contributed by atoms with Crippen molar-refractivity contribution in [1.29, 1.82) is 0 Å². The number of benzene rings is 2. The molecule has 7 nitrogen and oxygen atoms in total. The minimum Gasteiger partial charge on any atom is -0.426 e. The first-order valence-corrected chi connectivity index (χ1v) is 10.7. The van der Waals surface area contributed by atoms with Gasteiger partial charge in [-0.1, -0.05) is 30.4 Å². The smallest absolute Gasteiger partial charge is 0.316 e. The molecular formula is C25H22N2O5. The number of amides is 3. The summed E-state index contributed by atoms with van der Waals surface area (Å²) in [6.45, 7) is 0.271. The number of allylic oxidation sites excluding steroid dienone is 2. The lowest BCUT2D eigenvalue weighted by atomic mass is 9.85. The fourth-order valence-electron chi connectivity index (χ4n) is 4.64. The molecule has 2 saturated heterocycles. The summed E-state index contributed by atoms with van der Waals surface area (Å²) < 4.78 is 5.48. The van der Waals surface area contributed by atoms with E-state index in [2.05, 4.69) is 0 Å². The molecule has 0 radical (unpaired) electrons. The Morgan fingerprint density at radius 3 is 2.06 bits per heavy atom. The van der Waals surface area contributed by atoms with E-state index in [0.29, 0.717) is 24.3 Å². The van der Waals surface area contributed by atoms with E-state index in [1.807, 2.05) is 42.5 Å². The Hall–Kier alpha value is -3.74. The van der Waals surface area contributed by atoms with Crippen LogP contribution in [-0.4, -0.2) is 30.2 Å². The Balaban J connectivity index is 1.25. The molecule has 2 heterocycles. The van der Waals surface area contributed by atoms with E-state index < -0.39 is 11.9 Å². The molecule has 0 spiro atoms. The highest BCUT2D eigenvalue weighted by atomic mass is 16.5. The topological polar surface area (TPSA) is 84.0 Å². The second-order valence-corrected chi connectivity index (χ2v) is 8.32. The van der Waals surface area contributed by atoms with E-state index >= 15 is 0 Å². The van der Waals surface area contributed by atoms with Gasteiger partial charge in [0, 0.05) is 18.7 Å². The standard InChI is InChI=1S/C25H22N2O5/c28-22-14-16(15-26(22)17-6-2-1-3-7-17)25(31)32-19-12-10-18(11-13-19)27-23(29)20-8-4-5-9-21(20)24(27)30/h1-7,10-13,16,20-21H,8-9,14-15H2/t16-,20-,21+/m1/s1. The number of carbonyl (C=O) groups is 4. The molecule has 2 fully saturated rings. The van der Waals surface area contributed by atoms with E-state index in [4.69, 9.17) is 4.74 Å². The van der Waals surface area contributed by atoms with Crippen LogP contribution in [0.1, 0.15) is 19.3 Å². The first-order chi connectivity index (χ1) is 15.5. The molecule has 2 aliphatic heterocycles. The summed E-state index contributed by atoms with van der Waals surface area (Å²) in [4.78, 5) is 53.2. The molecule has 3 amide bonds. The van der Waals surface area contributed by atoms with Gasteiger partial charge >= 0.3 is 5.97 Å². The van der Waals surface area contributed by atoms with Gasteiger partial charge in [0.1, 0.15) is 5.75 Å². The van der Waals surface area contributed by atoms with Gasteiger partial charge in [0.2, 0.25) is 17.7 Å². The third-order valence-corrected chi connectivity index (χ3v) is 6.35. The maximum Gasteiger partial charge on any atom is 0.316 e. The van der Waals surface area contributed by atoms with Gasteiger partial charge in [0.05, 0.1) is 23.4 Å². The van der Waals surface area contributed by atoms with Crippen molar-refractivity contribution < 1.29 is 23.9 Å². The van der Waals surface area contributed by atoms with Crippen LogP contribution in [0.4, 0.5) is 11.4 Å². The zero-order valence-electron chi connectivity index (χ0n) is 17.3. The highest BCUT2D eigenvalue weighted by molar-refractivity contribution is 6.22. The lowest BCUT2D eigenvalue weighted by Gasteiger charge is -2.17. The van der Waals surface area contributed by atoms with Crippen molar-refractivity contribution >= 4 is 35.1 Å². The predicted molar refractivity (Wildman–Crippen MR) is 117 cm³/mol. The van der Waals surface area contributed by atoms with E-state index in [1.54, 1.807) is 29.2 Å². The molecule has 1 aliphatic carbocycles. The maximum atomic E-state index is 12.7. The molecule has 0 N–H and O–H groups in total. The van der Waals surface area contributed by atoms with Crippen LogP contribution in [0.2, 0.25) is 0 Å². The number of hydrogen-bond acceptors (Lipinski definition) is 5. The average Bonchev–Trinajstić information content (AvgIpc) is 3.33. The summed E-state index contributed by atoms with van der Waals surface area (Å²) in [6.07, 6.45) is 5.17. The second-order valence-electron chi connectivity index (χ2n) is 8.32. The molecule has 3 atom stereocenters. The predicted octanol–water partition coefficient (Wildman–Crippen LogP) is 3.10. The lowest BCUT2D eigenvalue weighted by molar-refractivity contribution is -0.139. The van der Waals surface area contributed by atoms with Crippen molar-refractivity contribution in [3.63, 3.8) is 0 Å². The third-order valence-electron chi connectivity index (χ3n) is 6.35. The number of hydrogen-bond donors (Lipinski definition) is 0. The fourth-order valence-corrected chi connectivity index (χ4v) is 4.64. The molecule has 32 heavy (non-hydrogen) atoms. The Kier molecular flexibility index (Phi) is 5.09. The second kappa shape index (κ2) is 8.07. The zero-order valence-corrected chi connectivity index (χ0v) is 17.3. The molecule has 2 aromatic rings. The first kappa shape index (κ1) is 20.2. The third kappa shape index (κ3) is 3.49. The molecule has 2 aromatic carbocycles. The van der Waals surface area contributed by atoms with Crippen LogP contribution in [0, 0.1) is 17.8 Å². The molecule has 0 saturated carbocycles. The van der Waals surface area contributed by atoms with E-state index in [-0.39, 0.29) is 42.5 Å². The van der Waals surface area contributed by atoms with Gasteiger partial charge < -0.3 is 9.64 Å². The largest absolute Gasteiger partial charge is 0.426 e.